The van der Waals surface area contributed by atoms with E-state index in [9.17, 15) is 19.7 Å². The average molecular weight is 423 g/mol. The maximum atomic E-state index is 12.1. The molecule has 0 saturated heterocycles. The molecule has 0 aliphatic rings. The second-order valence-electron chi connectivity index (χ2n) is 5.85. The smallest absolute Gasteiger partial charge is 0.272 e. The quantitative estimate of drug-likeness (QED) is 0.409. The first kappa shape index (κ1) is 21.3. The summed E-state index contributed by atoms with van der Waals surface area (Å²) in [6, 6.07) is 8.64. The van der Waals surface area contributed by atoms with Crippen LogP contribution in [0.3, 0.4) is 0 Å². The lowest BCUT2D eigenvalue weighted by atomic mass is 10.2. The van der Waals surface area contributed by atoms with E-state index >= 15 is 0 Å². The third-order valence-electron chi connectivity index (χ3n) is 3.71. The number of amides is 2. The van der Waals surface area contributed by atoms with Gasteiger partial charge in [-0.25, -0.2) is 5.43 Å². The molecule has 2 amide bonds. The number of rotatable bonds is 6. The first-order chi connectivity index (χ1) is 13.2. The van der Waals surface area contributed by atoms with Crippen molar-refractivity contribution >= 4 is 52.1 Å². The number of hydrogen-bond acceptors (Lipinski definition) is 5. The number of nitrogens with one attached hydrogen (secondary N) is 2. The fourth-order valence-corrected chi connectivity index (χ4v) is 2.65. The Hall–Kier alpha value is -2.97. The van der Waals surface area contributed by atoms with E-state index in [1.165, 1.54) is 6.07 Å². The van der Waals surface area contributed by atoms with E-state index in [0.717, 1.165) is 17.7 Å². The van der Waals surface area contributed by atoms with Crippen molar-refractivity contribution in [2.75, 3.05) is 5.32 Å². The number of benzene rings is 2. The Labute approximate surface area is 170 Å². The molecule has 0 aliphatic carbocycles. The van der Waals surface area contributed by atoms with Crippen LogP contribution in [0.2, 0.25) is 10.0 Å². The standard InChI is InChI=1S/C18H16Cl2N4O4/c1-10(8-17(25)21-16-5-3-4-14(19)11(16)2)22-23-18(26)13-7-6-12(24(27)28)9-15(13)20/h3-7,9H,8H2,1-2H3,(H,21,25)(H,23,26)/b22-10+. The van der Waals surface area contributed by atoms with Gasteiger partial charge in [-0.15, -0.1) is 0 Å². The minimum Gasteiger partial charge on any atom is -0.325 e. The monoisotopic (exact) mass is 422 g/mol. The minimum atomic E-state index is -0.648. The van der Waals surface area contributed by atoms with Crippen molar-refractivity contribution in [1.82, 2.24) is 5.43 Å². The topological polar surface area (TPSA) is 114 Å². The second-order valence-corrected chi connectivity index (χ2v) is 6.66. The molecule has 10 heteroatoms. The Morgan fingerprint density at radius 2 is 1.89 bits per heavy atom. The molecule has 2 aromatic carbocycles. The van der Waals surface area contributed by atoms with Crippen LogP contribution in [0.4, 0.5) is 11.4 Å². The number of nitro groups is 1. The van der Waals surface area contributed by atoms with Gasteiger partial charge in [-0.3, -0.25) is 19.7 Å². The van der Waals surface area contributed by atoms with E-state index in [1.54, 1.807) is 32.0 Å². The fourth-order valence-electron chi connectivity index (χ4n) is 2.22. The van der Waals surface area contributed by atoms with E-state index in [4.69, 9.17) is 23.2 Å². The van der Waals surface area contributed by atoms with Crippen LogP contribution in [0.1, 0.15) is 29.3 Å². The van der Waals surface area contributed by atoms with Crippen LogP contribution < -0.4 is 10.7 Å². The Kier molecular flexibility index (Phi) is 7.08. The molecule has 8 nitrogen and oxygen atoms in total. The Balaban J connectivity index is 1.98. The van der Waals surface area contributed by atoms with Gasteiger partial charge in [-0.2, -0.15) is 5.10 Å². The first-order valence-corrected chi connectivity index (χ1v) is 8.77. The summed E-state index contributed by atoms with van der Waals surface area (Å²) in [7, 11) is 0. The third kappa shape index (κ3) is 5.51. The lowest BCUT2D eigenvalue weighted by Crippen LogP contribution is -2.22. The number of non-ortho nitro benzene ring substituents is 1. The zero-order chi connectivity index (χ0) is 20.8. The predicted molar refractivity (Wildman–Crippen MR) is 108 cm³/mol. The van der Waals surface area contributed by atoms with Crippen LogP contribution in [-0.4, -0.2) is 22.4 Å². The summed E-state index contributed by atoms with van der Waals surface area (Å²) < 4.78 is 0. The van der Waals surface area contributed by atoms with Gasteiger partial charge in [0.25, 0.3) is 11.6 Å². The summed E-state index contributed by atoms with van der Waals surface area (Å²) in [4.78, 5) is 34.3. The van der Waals surface area contributed by atoms with Crippen molar-refractivity contribution in [3.05, 3.63) is 67.7 Å². The average Bonchev–Trinajstić information content (AvgIpc) is 2.63. The summed E-state index contributed by atoms with van der Waals surface area (Å²) in [5.74, 6) is -0.973. The molecule has 2 N–H and O–H groups in total. The van der Waals surface area contributed by atoms with Crippen molar-refractivity contribution in [3.8, 4) is 0 Å². The van der Waals surface area contributed by atoms with Gasteiger partial charge in [0.15, 0.2) is 0 Å². The summed E-state index contributed by atoms with van der Waals surface area (Å²) in [5.41, 5.74) is 3.76. The summed E-state index contributed by atoms with van der Waals surface area (Å²) in [5, 5.41) is 17.7. The fraction of sp³-hybridized carbons (Fsp3) is 0.167. The zero-order valence-electron chi connectivity index (χ0n) is 15.0. The van der Waals surface area contributed by atoms with Crippen LogP contribution in [0.5, 0.6) is 0 Å². The van der Waals surface area contributed by atoms with Gasteiger partial charge in [-0.05, 0) is 37.6 Å². The predicted octanol–water partition coefficient (Wildman–Crippen LogP) is 4.34. The van der Waals surface area contributed by atoms with E-state index in [-0.39, 0.29) is 28.6 Å². The van der Waals surface area contributed by atoms with E-state index < -0.39 is 10.8 Å². The third-order valence-corrected chi connectivity index (χ3v) is 4.44. The molecule has 0 aliphatic heterocycles. The van der Waals surface area contributed by atoms with E-state index in [0.29, 0.717) is 16.4 Å². The summed E-state index contributed by atoms with van der Waals surface area (Å²) >= 11 is 11.9. The Morgan fingerprint density at radius 1 is 1.18 bits per heavy atom. The number of anilines is 1. The lowest BCUT2D eigenvalue weighted by molar-refractivity contribution is -0.384. The van der Waals surface area contributed by atoms with E-state index in [2.05, 4.69) is 15.8 Å². The van der Waals surface area contributed by atoms with Gasteiger partial charge in [0.1, 0.15) is 0 Å². The number of carbonyl (C=O) groups is 2. The maximum absolute atomic E-state index is 12.1. The highest BCUT2D eigenvalue weighted by Gasteiger charge is 2.15. The highest BCUT2D eigenvalue weighted by molar-refractivity contribution is 6.34. The number of halogens is 2. The maximum Gasteiger partial charge on any atom is 0.272 e. The van der Waals surface area contributed by atoms with Crippen molar-refractivity contribution in [3.63, 3.8) is 0 Å². The molecule has 0 fully saturated rings. The van der Waals surface area contributed by atoms with Gasteiger partial charge in [-0.1, -0.05) is 29.3 Å². The lowest BCUT2D eigenvalue weighted by Gasteiger charge is -2.09. The van der Waals surface area contributed by atoms with Gasteiger partial charge in [0.05, 0.1) is 21.9 Å². The van der Waals surface area contributed by atoms with E-state index in [1.807, 2.05) is 0 Å². The van der Waals surface area contributed by atoms with Crippen molar-refractivity contribution in [1.29, 1.82) is 0 Å². The van der Waals surface area contributed by atoms with Crippen LogP contribution in [0.15, 0.2) is 41.5 Å². The minimum absolute atomic E-state index is 0.0304. The normalized spacial score (nSPS) is 11.1. The molecule has 0 radical (unpaired) electrons. The number of carbonyl (C=O) groups excluding carboxylic acids is 2. The number of nitrogens with zero attached hydrogens (tertiary/aromatic N) is 2. The summed E-state index contributed by atoms with van der Waals surface area (Å²) in [6.45, 7) is 3.36. The first-order valence-electron chi connectivity index (χ1n) is 8.01. The molecular formula is C18H16Cl2N4O4. The number of hydrogen-bond donors (Lipinski definition) is 2. The second kappa shape index (κ2) is 9.29. The molecule has 2 aromatic rings. The zero-order valence-corrected chi connectivity index (χ0v) is 16.5. The van der Waals surface area contributed by atoms with Crippen LogP contribution in [-0.2, 0) is 4.79 Å². The molecule has 0 unspecified atom stereocenters. The van der Waals surface area contributed by atoms with Gasteiger partial charge >= 0.3 is 0 Å². The van der Waals surface area contributed by atoms with Crippen molar-refractivity contribution in [2.45, 2.75) is 20.3 Å². The molecule has 28 heavy (non-hydrogen) atoms. The molecule has 0 bridgehead atoms. The number of hydrazone groups is 1. The summed E-state index contributed by atoms with van der Waals surface area (Å²) in [6.07, 6.45) is -0.0553. The van der Waals surface area contributed by atoms with Crippen LogP contribution in [0, 0.1) is 17.0 Å². The van der Waals surface area contributed by atoms with Gasteiger partial charge < -0.3 is 5.32 Å². The molecule has 2 rings (SSSR count). The van der Waals surface area contributed by atoms with Gasteiger partial charge in [0.2, 0.25) is 5.91 Å². The largest absolute Gasteiger partial charge is 0.325 e. The van der Waals surface area contributed by atoms with Gasteiger partial charge in [0, 0.05) is 28.6 Å². The van der Waals surface area contributed by atoms with Crippen LogP contribution in [0.25, 0.3) is 0 Å². The Morgan fingerprint density at radius 3 is 2.54 bits per heavy atom. The van der Waals surface area contributed by atoms with Crippen molar-refractivity contribution < 1.29 is 14.5 Å². The molecular weight excluding hydrogens is 407 g/mol. The SMILES string of the molecule is C/C(CC(=O)Nc1cccc(Cl)c1C)=N\NC(=O)c1ccc([N+](=O)[O-])cc1Cl. The molecule has 0 aromatic heterocycles. The highest BCUT2D eigenvalue weighted by atomic mass is 35.5. The molecule has 0 spiro atoms. The Bertz CT molecular complexity index is 976. The number of nitro benzene ring substituents is 1. The molecule has 0 atom stereocenters. The highest BCUT2D eigenvalue weighted by Crippen LogP contribution is 2.23. The molecule has 146 valence electrons. The van der Waals surface area contributed by atoms with Crippen LogP contribution >= 0.6 is 23.2 Å². The van der Waals surface area contributed by atoms with Crippen molar-refractivity contribution in [2.24, 2.45) is 5.10 Å². The molecule has 0 saturated carbocycles. The molecule has 0 heterocycles.